The molecule has 8 heteroatoms. The van der Waals surface area contributed by atoms with Gasteiger partial charge >= 0.3 is 6.18 Å². The van der Waals surface area contributed by atoms with E-state index in [1.807, 2.05) is 0 Å². The van der Waals surface area contributed by atoms with E-state index >= 15 is 0 Å². The van der Waals surface area contributed by atoms with Crippen LogP contribution in [0.2, 0.25) is 0 Å². The van der Waals surface area contributed by atoms with Gasteiger partial charge in [-0.3, -0.25) is 4.90 Å². The average Bonchev–Trinajstić information content (AvgIpc) is 2.56. The highest BCUT2D eigenvalue weighted by atomic mass is 19.4. The Labute approximate surface area is 95.6 Å². The summed E-state index contributed by atoms with van der Waals surface area (Å²) < 4.78 is 39.0. The quantitative estimate of drug-likeness (QED) is 0.763. The average molecular weight is 247 g/mol. The second-order valence-corrected chi connectivity index (χ2v) is 4.37. The monoisotopic (exact) mass is 247 g/mol. The number of hydrogen-bond acceptors (Lipinski definition) is 4. The number of halogens is 3. The van der Waals surface area contributed by atoms with E-state index in [4.69, 9.17) is 0 Å². The third-order valence-electron chi connectivity index (χ3n) is 3.31. The summed E-state index contributed by atoms with van der Waals surface area (Å²) in [4.78, 5) is 2.15. The smallest absolute Gasteiger partial charge is 0.314 e. The van der Waals surface area contributed by atoms with Gasteiger partial charge in [-0.2, -0.15) is 13.2 Å². The molecule has 1 fully saturated rings. The minimum absolute atomic E-state index is 0.313. The molecule has 94 valence electrons. The van der Waals surface area contributed by atoms with Crippen LogP contribution in [0.15, 0.2) is 0 Å². The van der Waals surface area contributed by atoms with E-state index in [0.29, 0.717) is 31.5 Å². The molecule has 0 aromatic carbocycles. The lowest BCUT2D eigenvalue weighted by molar-refractivity contribution is -0.148. The Morgan fingerprint density at radius 1 is 1.18 bits per heavy atom. The summed E-state index contributed by atoms with van der Waals surface area (Å²) in [5.41, 5.74) is 0. The molecule has 5 nitrogen and oxygen atoms in total. The van der Waals surface area contributed by atoms with Crippen LogP contribution in [-0.2, 0) is 19.3 Å². The van der Waals surface area contributed by atoms with Crippen LogP contribution in [0.25, 0.3) is 0 Å². The molecule has 1 saturated heterocycles. The Morgan fingerprint density at radius 2 is 1.94 bits per heavy atom. The van der Waals surface area contributed by atoms with Crippen LogP contribution >= 0.6 is 0 Å². The fourth-order valence-electron chi connectivity index (χ4n) is 2.23. The molecule has 1 aromatic rings. The van der Waals surface area contributed by atoms with E-state index in [-0.39, 0.29) is 0 Å². The molecule has 0 bridgehead atoms. The normalized spacial score (nSPS) is 22.3. The molecule has 1 aromatic heterocycles. The van der Waals surface area contributed by atoms with Crippen LogP contribution in [0.3, 0.4) is 0 Å². The number of hydrogen-bond donors (Lipinski definition) is 1. The van der Waals surface area contributed by atoms with E-state index in [2.05, 4.69) is 20.4 Å². The minimum Gasteiger partial charge on any atom is -0.314 e. The van der Waals surface area contributed by atoms with Crippen molar-refractivity contribution in [1.29, 1.82) is 0 Å². The van der Waals surface area contributed by atoms with Gasteiger partial charge < -0.3 is 9.88 Å². The summed E-state index contributed by atoms with van der Waals surface area (Å²) in [6.07, 6.45) is -4.41. The molecule has 0 radical (unpaired) electrons. The van der Waals surface area contributed by atoms with Gasteiger partial charge in [0.2, 0.25) is 5.82 Å². The number of nitrogens with one attached hydrogen (secondary N) is 1. The summed E-state index contributed by atoms with van der Waals surface area (Å²) in [5.74, 6) is -0.464. The molecule has 0 saturated carbocycles. The van der Waals surface area contributed by atoms with Gasteiger partial charge in [-0.05, 0) is 0 Å². The fraction of sp³-hybridized carbons (Fsp3) is 0.778. The van der Waals surface area contributed by atoms with E-state index in [9.17, 15) is 13.2 Å². The van der Waals surface area contributed by atoms with Crippen molar-refractivity contribution in [3.05, 3.63) is 11.6 Å². The van der Waals surface area contributed by atoms with Crippen LogP contribution in [0.5, 0.6) is 0 Å². The van der Waals surface area contributed by atoms with Crippen molar-refractivity contribution in [2.24, 2.45) is 0 Å². The zero-order chi connectivity index (χ0) is 12.0. The van der Waals surface area contributed by atoms with Gasteiger partial charge in [0.15, 0.2) is 0 Å². The number of nitrogens with zero attached hydrogens (tertiary/aromatic N) is 4. The Bertz CT molecular complexity index is 423. The SMILES string of the molecule is FC(F)(F)c1nnc2n1CCN(C1CNC1)C2. The standard InChI is InChI=1S/C9H12F3N5/c10-9(11,12)8-15-14-7-5-16(1-2-17(7)8)6-3-13-4-6/h6,13H,1-5H2. The molecule has 2 aliphatic rings. The van der Waals surface area contributed by atoms with Crippen molar-refractivity contribution in [2.45, 2.75) is 25.3 Å². The molecule has 0 aliphatic carbocycles. The first kappa shape index (κ1) is 11.0. The summed E-state index contributed by atoms with van der Waals surface area (Å²) in [6.45, 7) is 3.20. The molecule has 1 N–H and O–H groups in total. The lowest BCUT2D eigenvalue weighted by atomic mass is 10.1. The maximum atomic E-state index is 12.6. The predicted octanol–water partition coefficient (Wildman–Crippen LogP) is 0.0843. The third kappa shape index (κ3) is 1.81. The van der Waals surface area contributed by atoms with Gasteiger partial charge in [-0.15, -0.1) is 10.2 Å². The number of alkyl halides is 3. The largest absolute Gasteiger partial charge is 0.451 e. The van der Waals surface area contributed by atoms with Gasteiger partial charge in [-0.1, -0.05) is 0 Å². The van der Waals surface area contributed by atoms with E-state index < -0.39 is 12.0 Å². The van der Waals surface area contributed by atoms with Gasteiger partial charge in [0.25, 0.3) is 0 Å². The summed E-state index contributed by atoms with van der Waals surface area (Å²) in [6, 6.07) is 0.426. The lowest BCUT2D eigenvalue weighted by Gasteiger charge is -2.40. The van der Waals surface area contributed by atoms with Crippen LogP contribution in [-0.4, -0.2) is 45.3 Å². The molecule has 0 atom stereocenters. The molecule has 0 unspecified atom stereocenters. The Hall–Kier alpha value is -1.15. The molecule has 17 heavy (non-hydrogen) atoms. The van der Waals surface area contributed by atoms with E-state index in [1.54, 1.807) is 0 Å². The first-order valence-corrected chi connectivity index (χ1v) is 5.50. The first-order valence-electron chi connectivity index (χ1n) is 5.50. The van der Waals surface area contributed by atoms with E-state index in [0.717, 1.165) is 13.1 Å². The van der Waals surface area contributed by atoms with E-state index in [1.165, 1.54) is 4.57 Å². The van der Waals surface area contributed by atoms with Gasteiger partial charge in [0.1, 0.15) is 5.82 Å². The molecule has 0 amide bonds. The zero-order valence-electron chi connectivity index (χ0n) is 9.04. The van der Waals surface area contributed by atoms with Crippen LogP contribution in [0.4, 0.5) is 13.2 Å². The fourth-order valence-corrected chi connectivity index (χ4v) is 2.23. The van der Waals surface area contributed by atoms with Crippen LogP contribution in [0, 0.1) is 0 Å². The van der Waals surface area contributed by atoms with Crippen molar-refractivity contribution in [1.82, 2.24) is 25.0 Å². The predicted molar refractivity (Wildman–Crippen MR) is 52.1 cm³/mol. The van der Waals surface area contributed by atoms with Crippen molar-refractivity contribution >= 4 is 0 Å². The first-order chi connectivity index (χ1) is 8.05. The second kappa shape index (κ2) is 3.67. The minimum atomic E-state index is -4.41. The van der Waals surface area contributed by atoms with Gasteiger partial charge in [0, 0.05) is 32.2 Å². The molecule has 3 heterocycles. The van der Waals surface area contributed by atoms with Crippen LogP contribution in [0.1, 0.15) is 11.6 Å². The number of aromatic nitrogens is 3. The lowest BCUT2D eigenvalue weighted by Crippen LogP contribution is -2.58. The maximum Gasteiger partial charge on any atom is 0.451 e. The molecular formula is C9H12F3N5. The molecule has 2 aliphatic heterocycles. The zero-order valence-corrected chi connectivity index (χ0v) is 9.04. The van der Waals surface area contributed by atoms with Crippen molar-refractivity contribution in [2.75, 3.05) is 19.6 Å². The molecule has 3 rings (SSSR count). The molecular weight excluding hydrogens is 235 g/mol. The summed E-state index contributed by atoms with van der Waals surface area (Å²) in [7, 11) is 0. The highest BCUT2D eigenvalue weighted by molar-refractivity contribution is 5.03. The highest BCUT2D eigenvalue weighted by Crippen LogP contribution is 2.29. The van der Waals surface area contributed by atoms with Crippen molar-refractivity contribution in [3.8, 4) is 0 Å². The Balaban J connectivity index is 1.82. The maximum absolute atomic E-state index is 12.6. The summed E-state index contributed by atoms with van der Waals surface area (Å²) in [5, 5.41) is 10.0. The topological polar surface area (TPSA) is 46.0 Å². The Kier molecular flexibility index (Phi) is 2.37. The van der Waals surface area contributed by atoms with Crippen LogP contribution < -0.4 is 5.32 Å². The van der Waals surface area contributed by atoms with Gasteiger partial charge in [-0.25, -0.2) is 0 Å². The summed E-state index contributed by atoms with van der Waals surface area (Å²) >= 11 is 0. The highest BCUT2D eigenvalue weighted by Gasteiger charge is 2.40. The van der Waals surface area contributed by atoms with Crippen molar-refractivity contribution in [3.63, 3.8) is 0 Å². The third-order valence-corrected chi connectivity index (χ3v) is 3.31. The second-order valence-electron chi connectivity index (χ2n) is 4.37. The number of fused-ring (bicyclic) bond motifs is 1. The number of rotatable bonds is 1. The molecule has 0 spiro atoms. The van der Waals surface area contributed by atoms with Gasteiger partial charge in [0.05, 0.1) is 6.54 Å². The van der Waals surface area contributed by atoms with Crippen molar-refractivity contribution < 1.29 is 13.2 Å². The Morgan fingerprint density at radius 3 is 2.53 bits per heavy atom.